The molecule has 1 heterocycles. The Bertz CT molecular complexity index is 436. The molecule has 3 atom stereocenters. The first kappa shape index (κ1) is 15.1. The number of rotatable bonds is 6. The summed E-state index contributed by atoms with van der Waals surface area (Å²) in [6, 6.07) is 5.80. The largest absolute Gasteiger partial charge is 0.490 e. The molecule has 0 aromatic heterocycles. The molecule has 1 aliphatic rings. The molecule has 112 valence electrons. The summed E-state index contributed by atoms with van der Waals surface area (Å²) in [4.78, 5) is 0. The lowest BCUT2D eigenvalue weighted by Gasteiger charge is -2.23. The SMILES string of the molecule is CCOc1ccc(C(N)C2OCCC2C)cc1OCC. The van der Waals surface area contributed by atoms with Crippen molar-refractivity contribution in [2.45, 2.75) is 39.3 Å². The van der Waals surface area contributed by atoms with Crippen LogP contribution in [0.15, 0.2) is 18.2 Å². The van der Waals surface area contributed by atoms with Crippen LogP contribution < -0.4 is 15.2 Å². The van der Waals surface area contributed by atoms with Crippen molar-refractivity contribution >= 4 is 0 Å². The van der Waals surface area contributed by atoms with Crippen molar-refractivity contribution < 1.29 is 14.2 Å². The number of hydrogen-bond acceptors (Lipinski definition) is 4. The van der Waals surface area contributed by atoms with Crippen LogP contribution in [0.1, 0.15) is 38.8 Å². The van der Waals surface area contributed by atoms with Crippen LogP contribution >= 0.6 is 0 Å². The smallest absolute Gasteiger partial charge is 0.161 e. The number of benzene rings is 1. The van der Waals surface area contributed by atoms with Gasteiger partial charge in [-0.25, -0.2) is 0 Å². The second-order valence-electron chi connectivity index (χ2n) is 5.20. The molecule has 0 aliphatic carbocycles. The highest BCUT2D eigenvalue weighted by molar-refractivity contribution is 5.44. The van der Waals surface area contributed by atoms with Gasteiger partial charge in [-0.05, 0) is 43.9 Å². The topological polar surface area (TPSA) is 53.7 Å². The van der Waals surface area contributed by atoms with Gasteiger partial charge in [0.15, 0.2) is 11.5 Å². The van der Waals surface area contributed by atoms with Gasteiger partial charge < -0.3 is 19.9 Å². The second-order valence-corrected chi connectivity index (χ2v) is 5.20. The lowest BCUT2D eigenvalue weighted by atomic mass is 9.93. The van der Waals surface area contributed by atoms with Gasteiger partial charge in [-0.15, -0.1) is 0 Å². The summed E-state index contributed by atoms with van der Waals surface area (Å²) in [5, 5.41) is 0. The van der Waals surface area contributed by atoms with Gasteiger partial charge in [0.25, 0.3) is 0 Å². The summed E-state index contributed by atoms with van der Waals surface area (Å²) in [6.07, 6.45) is 1.16. The Morgan fingerprint density at radius 2 is 1.95 bits per heavy atom. The Morgan fingerprint density at radius 1 is 1.25 bits per heavy atom. The maximum absolute atomic E-state index is 6.36. The van der Waals surface area contributed by atoms with Gasteiger partial charge in [-0.2, -0.15) is 0 Å². The minimum absolute atomic E-state index is 0.0856. The van der Waals surface area contributed by atoms with Gasteiger partial charge in [0.1, 0.15) is 0 Å². The van der Waals surface area contributed by atoms with E-state index in [1.807, 2.05) is 32.0 Å². The van der Waals surface area contributed by atoms with Crippen molar-refractivity contribution in [1.29, 1.82) is 0 Å². The highest BCUT2D eigenvalue weighted by Gasteiger charge is 2.31. The van der Waals surface area contributed by atoms with Crippen molar-refractivity contribution in [1.82, 2.24) is 0 Å². The van der Waals surface area contributed by atoms with E-state index in [4.69, 9.17) is 19.9 Å². The van der Waals surface area contributed by atoms with Gasteiger partial charge in [0, 0.05) is 6.61 Å². The summed E-state index contributed by atoms with van der Waals surface area (Å²) >= 11 is 0. The molecular weight excluding hydrogens is 254 g/mol. The van der Waals surface area contributed by atoms with Crippen molar-refractivity contribution in [2.24, 2.45) is 11.7 Å². The average Bonchev–Trinajstić information content (AvgIpc) is 2.86. The van der Waals surface area contributed by atoms with Crippen LogP contribution in [-0.4, -0.2) is 25.9 Å². The first-order valence-electron chi connectivity index (χ1n) is 7.44. The molecular formula is C16H25NO3. The zero-order valence-electron chi connectivity index (χ0n) is 12.6. The Kier molecular flexibility index (Phi) is 5.26. The van der Waals surface area contributed by atoms with E-state index < -0.39 is 0 Å². The highest BCUT2D eigenvalue weighted by Crippen LogP contribution is 2.34. The molecule has 0 saturated carbocycles. The zero-order chi connectivity index (χ0) is 14.5. The minimum atomic E-state index is -0.123. The normalized spacial score (nSPS) is 23.6. The lowest BCUT2D eigenvalue weighted by molar-refractivity contribution is 0.0724. The van der Waals surface area contributed by atoms with Crippen molar-refractivity contribution in [3.8, 4) is 11.5 Å². The molecule has 1 fully saturated rings. The van der Waals surface area contributed by atoms with Crippen LogP contribution in [0.2, 0.25) is 0 Å². The van der Waals surface area contributed by atoms with E-state index in [2.05, 4.69) is 6.92 Å². The first-order chi connectivity index (χ1) is 9.67. The molecule has 0 spiro atoms. The Morgan fingerprint density at radius 3 is 2.55 bits per heavy atom. The number of ether oxygens (including phenoxy) is 3. The van der Waals surface area contributed by atoms with E-state index >= 15 is 0 Å². The molecule has 0 bridgehead atoms. The summed E-state index contributed by atoms with van der Waals surface area (Å²) in [6.45, 7) is 8.14. The van der Waals surface area contributed by atoms with Crippen LogP contribution in [0.25, 0.3) is 0 Å². The predicted molar refractivity (Wildman–Crippen MR) is 79.2 cm³/mol. The monoisotopic (exact) mass is 279 g/mol. The third kappa shape index (κ3) is 3.25. The molecule has 0 radical (unpaired) electrons. The first-order valence-corrected chi connectivity index (χ1v) is 7.44. The molecule has 4 nitrogen and oxygen atoms in total. The molecule has 1 aromatic rings. The van der Waals surface area contributed by atoms with E-state index in [0.29, 0.717) is 19.1 Å². The number of hydrogen-bond donors (Lipinski definition) is 1. The molecule has 4 heteroatoms. The van der Waals surface area contributed by atoms with Crippen LogP contribution in [0.5, 0.6) is 11.5 Å². The Labute approximate surface area is 121 Å². The predicted octanol–water partition coefficient (Wildman–Crippen LogP) is 2.91. The van der Waals surface area contributed by atoms with E-state index in [9.17, 15) is 0 Å². The summed E-state index contributed by atoms with van der Waals surface area (Å²) in [7, 11) is 0. The Balaban J connectivity index is 2.20. The van der Waals surface area contributed by atoms with Crippen molar-refractivity contribution in [2.75, 3.05) is 19.8 Å². The molecule has 1 saturated heterocycles. The maximum atomic E-state index is 6.36. The van der Waals surface area contributed by atoms with Gasteiger partial charge in [-0.1, -0.05) is 13.0 Å². The third-order valence-corrected chi connectivity index (χ3v) is 3.75. The van der Waals surface area contributed by atoms with E-state index in [-0.39, 0.29) is 12.1 Å². The highest BCUT2D eigenvalue weighted by atomic mass is 16.5. The van der Waals surface area contributed by atoms with Gasteiger partial charge in [-0.3, -0.25) is 0 Å². The van der Waals surface area contributed by atoms with E-state index in [0.717, 1.165) is 30.1 Å². The van der Waals surface area contributed by atoms with Crippen molar-refractivity contribution in [3.05, 3.63) is 23.8 Å². The standard InChI is InChI=1S/C16H25NO3/c1-4-18-13-7-6-12(10-14(13)19-5-2)15(17)16-11(3)8-9-20-16/h6-7,10-11,15-16H,4-5,8-9,17H2,1-3H3. The fourth-order valence-electron chi connectivity index (χ4n) is 2.64. The molecule has 0 amide bonds. The third-order valence-electron chi connectivity index (χ3n) is 3.75. The lowest BCUT2D eigenvalue weighted by Crippen LogP contribution is -2.29. The molecule has 2 rings (SSSR count). The van der Waals surface area contributed by atoms with E-state index in [1.54, 1.807) is 0 Å². The van der Waals surface area contributed by atoms with Crippen LogP contribution in [0.4, 0.5) is 0 Å². The zero-order valence-corrected chi connectivity index (χ0v) is 12.6. The van der Waals surface area contributed by atoms with Crippen LogP contribution in [0.3, 0.4) is 0 Å². The van der Waals surface area contributed by atoms with Crippen molar-refractivity contribution in [3.63, 3.8) is 0 Å². The van der Waals surface area contributed by atoms with E-state index in [1.165, 1.54) is 0 Å². The maximum Gasteiger partial charge on any atom is 0.161 e. The summed E-state index contributed by atoms with van der Waals surface area (Å²) in [5.74, 6) is 2.02. The minimum Gasteiger partial charge on any atom is -0.490 e. The summed E-state index contributed by atoms with van der Waals surface area (Å²) < 4.78 is 17.0. The fourth-order valence-corrected chi connectivity index (χ4v) is 2.64. The molecule has 20 heavy (non-hydrogen) atoms. The average molecular weight is 279 g/mol. The van der Waals surface area contributed by atoms with Gasteiger partial charge in [0.2, 0.25) is 0 Å². The molecule has 1 aromatic carbocycles. The van der Waals surface area contributed by atoms with Crippen LogP contribution in [0, 0.1) is 5.92 Å². The quantitative estimate of drug-likeness (QED) is 0.870. The van der Waals surface area contributed by atoms with Crippen LogP contribution in [-0.2, 0) is 4.74 Å². The fraction of sp³-hybridized carbons (Fsp3) is 0.625. The Hall–Kier alpha value is -1.26. The molecule has 2 N–H and O–H groups in total. The summed E-state index contributed by atoms with van der Waals surface area (Å²) in [5.41, 5.74) is 7.40. The van der Waals surface area contributed by atoms with Gasteiger partial charge in [0.05, 0.1) is 25.4 Å². The van der Waals surface area contributed by atoms with Gasteiger partial charge >= 0.3 is 0 Å². The number of nitrogens with two attached hydrogens (primary N) is 1. The molecule has 1 aliphatic heterocycles. The molecule has 3 unspecified atom stereocenters. The second kappa shape index (κ2) is 6.95.